The molecule has 5 aliphatic rings. The molecule has 0 bridgehead atoms. The van der Waals surface area contributed by atoms with Gasteiger partial charge in [0.1, 0.15) is 0 Å². The minimum Gasteiger partial charge on any atom is -0.0625 e. The Bertz CT molecular complexity index is 760. The van der Waals surface area contributed by atoms with Crippen LogP contribution in [0.2, 0.25) is 0 Å². The smallest absolute Gasteiger partial charge is 0.0235 e. The molecule has 190 valence electrons. The molecule has 33 heavy (non-hydrogen) atoms. The Morgan fingerprint density at radius 2 is 1.27 bits per heavy atom. The maximum Gasteiger partial charge on any atom is -0.0235 e. The van der Waals surface area contributed by atoms with Crippen molar-refractivity contribution >= 4 is 0 Å². The SMILES string of the molecule is CC(C)C1CC[C@]2(C)[C@H]3CC[C@@H]4[C@H]5[C@H](C(C)C)CC[C@]5(C)CC[C@@]4(C)[C@]3(C)CC[C@H]2C1(C)C. The first-order valence-electron chi connectivity index (χ1n) is 15.2. The van der Waals surface area contributed by atoms with Gasteiger partial charge in [-0.25, -0.2) is 0 Å². The zero-order valence-electron chi connectivity index (χ0n) is 24.2. The van der Waals surface area contributed by atoms with Crippen LogP contribution in [0.25, 0.3) is 0 Å². The highest BCUT2D eigenvalue weighted by Gasteiger charge is 2.70. The molecule has 0 spiro atoms. The molecule has 0 nitrogen and oxygen atoms in total. The lowest BCUT2D eigenvalue weighted by Gasteiger charge is -2.73. The third-order valence-corrected chi connectivity index (χ3v) is 14.7. The Morgan fingerprint density at radius 1 is 0.576 bits per heavy atom. The second-order valence-electron chi connectivity index (χ2n) is 16.5. The van der Waals surface area contributed by atoms with Crippen LogP contribution in [0.15, 0.2) is 0 Å². The monoisotopic (exact) mass is 454 g/mol. The molecule has 0 saturated heterocycles. The van der Waals surface area contributed by atoms with Crippen LogP contribution in [-0.4, -0.2) is 0 Å². The van der Waals surface area contributed by atoms with Gasteiger partial charge in [-0.1, -0.05) is 69.2 Å². The van der Waals surface area contributed by atoms with E-state index in [1.165, 1.54) is 64.2 Å². The summed E-state index contributed by atoms with van der Waals surface area (Å²) in [6.45, 7) is 26.6. The van der Waals surface area contributed by atoms with Crippen molar-refractivity contribution in [3.63, 3.8) is 0 Å². The lowest BCUT2D eigenvalue weighted by atomic mass is 9.31. The summed E-state index contributed by atoms with van der Waals surface area (Å²) in [6.07, 6.45) is 15.1. The summed E-state index contributed by atoms with van der Waals surface area (Å²) in [5.41, 5.74) is 2.81. The van der Waals surface area contributed by atoms with E-state index in [-0.39, 0.29) is 0 Å². The van der Waals surface area contributed by atoms with E-state index in [0.717, 1.165) is 47.3 Å². The largest absolute Gasteiger partial charge is 0.0625 e. The standard InChI is InChI=1S/C33H58/c1-21(2)23-13-16-30(7)19-20-32(9)25(28(23)30)11-12-27-31(8)17-14-24(22(3)4)29(5,6)26(31)15-18-33(27,32)10/h21-28H,11-20H2,1-10H3/t23-,24?,25+,26-,27+,28+,30+,31-,32+,33+/m0/s1. The Hall–Kier alpha value is 0. The maximum absolute atomic E-state index is 2.83. The molecule has 5 rings (SSSR count). The fourth-order valence-corrected chi connectivity index (χ4v) is 13.0. The van der Waals surface area contributed by atoms with Crippen LogP contribution in [-0.2, 0) is 0 Å². The van der Waals surface area contributed by atoms with Gasteiger partial charge < -0.3 is 0 Å². The third kappa shape index (κ3) is 3.06. The van der Waals surface area contributed by atoms with Gasteiger partial charge in [0.05, 0.1) is 0 Å². The molecule has 0 heterocycles. The topological polar surface area (TPSA) is 0 Å². The number of hydrogen-bond acceptors (Lipinski definition) is 0. The van der Waals surface area contributed by atoms with Crippen molar-refractivity contribution in [2.24, 2.45) is 74.4 Å². The van der Waals surface area contributed by atoms with Gasteiger partial charge in [0.25, 0.3) is 0 Å². The molecule has 1 unspecified atom stereocenters. The molecule has 0 aliphatic heterocycles. The molecular weight excluding hydrogens is 396 g/mol. The Kier molecular flexibility index (Phi) is 5.62. The van der Waals surface area contributed by atoms with Gasteiger partial charge in [-0.2, -0.15) is 0 Å². The first kappa shape index (κ1) is 24.7. The molecule has 0 radical (unpaired) electrons. The molecule has 5 aliphatic carbocycles. The molecule has 0 aromatic carbocycles. The van der Waals surface area contributed by atoms with E-state index >= 15 is 0 Å². The molecule has 10 atom stereocenters. The molecule has 0 aromatic rings. The van der Waals surface area contributed by atoms with Crippen LogP contribution >= 0.6 is 0 Å². The van der Waals surface area contributed by atoms with Crippen LogP contribution < -0.4 is 0 Å². The average molecular weight is 455 g/mol. The van der Waals surface area contributed by atoms with Gasteiger partial charge in [-0.3, -0.25) is 0 Å². The Labute approximate surface area is 207 Å². The lowest BCUT2D eigenvalue weighted by Crippen LogP contribution is -2.66. The van der Waals surface area contributed by atoms with Crippen LogP contribution in [0, 0.1) is 74.4 Å². The molecule has 5 fully saturated rings. The lowest BCUT2D eigenvalue weighted by molar-refractivity contribution is -0.245. The first-order valence-corrected chi connectivity index (χ1v) is 15.2. The van der Waals surface area contributed by atoms with Gasteiger partial charge in [0, 0.05) is 0 Å². The van der Waals surface area contributed by atoms with Crippen LogP contribution in [0.4, 0.5) is 0 Å². The number of hydrogen-bond donors (Lipinski definition) is 0. The molecular formula is C33H58. The van der Waals surface area contributed by atoms with E-state index in [9.17, 15) is 0 Å². The summed E-state index contributed by atoms with van der Waals surface area (Å²) in [6, 6.07) is 0. The van der Waals surface area contributed by atoms with Crippen molar-refractivity contribution in [3.05, 3.63) is 0 Å². The zero-order chi connectivity index (χ0) is 24.2. The molecule has 0 N–H and O–H groups in total. The van der Waals surface area contributed by atoms with Crippen LogP contribution in [0.5, 0.6) is 0 Å². The zero-order valence-corrected chi connectivity index (χ0v) is 24.2. The fraction of sp³-hybridized carbons (Fsp3) is 1.00. The quantitative estimate of drug-likeness (QED) is 0.389. The molecule has 0 aromatic heterocycles. The third-order valence-electron chi connectivity index (χ3n) is 14.7. The minimum absolute atomic E-state index is 0.500. The molecule has 0 amide bonds. The van der Waals surface area contributed by atoms with Crippen molar-refractivity contribution in [2.75, 3.05) is 0 Å². The molecule has 5 saturated carbocycles. The normalized spacial score (nSPS) is 55.6. The Morgan fingerprint density at radius 3 is 1.91 bits per heavy atom. The highest BCUT2D eigenvalue weighted by molar-refractivity contribution is 5.19. The van der Waals surface area contributed by atoms with E-state index in [0.29, 0.717) is 27.1 Å². The highest BCUT2D eigenvalue weighted by Crippen LogP contribution is 2.78. The summed E-state index contributed by atoms with van der Waals surface area (Å²) in [7, 11) is 0. The summed E-state index contributed by atoms with van der Waals surface area (Å²) in [5, 5.41) is 0. The predicted molar refractivity (Wildman–Crippen MR) is 143 cm³/mol. The summed E-state index contributed by atoms with van der Waals surface area (Å²) < 4.78 is 0. The van der Waals surface area contributed by atoms with Crippen molar-refractivity contribution in [2.45, 2.75) is 133 Å². The van der Waals surface area contributed by atoms with Crippen LogP contribution in [0.3, 0.4) is 0 Å². The van der Waals surface area contributed by atoms with Gasteiger partial charge in [0.15, 0.2) is 0 Å². The van der Waals surface area contributed by atoms with E-state index in [2.05, 4.69) is 69.2 Å². The van der Waals surface area contributed by atoms with Gasteiger partial charge in [-0.15, -0.1) is 0 Å². The molecule has 0 heteroatoms. The van der Waals surface area contributed by atoms with E-state index < -0.39 is 0 Å². The summed E-state index contributed by atoms with van der Waals surface area (Å²) >= 11 is 0. The second kappa shape index (κ2) is 7.51. The highest BCUT2D eigenvalue weighted by atomic mass is 14.7. The van der Waals surface area contributed by atoms with Crippen molar-refractivity contribution in [3.8, 4) is 0 Å². The van der Waals surface area contributed by atoms with Crippen molar-refractivity contribution in [1.29, 1.82) is 0 Å². The van der Waals surface area contributed by atoms with Crippen molar-refractivity contribution in [1.82, 2.24) is 0 Å². The van der Waals surface area contributed by atoms with E-state index in [4.69, 9.17) is 0 Å². The maximum atomic E-state index is 2.83. The van der Waals surface area contributed by atoms with Gasteiger partial charge in [-0.05, 0) is 139 Å². The van der Waals surface area contributed by atoms with Gasteiger partial charge >= 0.3 is 0 Å². The summed E-state index contributed by atoms with van der Waals surface area (Å²) in [5.74, 6) is 7.43. The number of rotatable bonds is 2. The van der Waals surface area contributed by atoms with Gasteiger partial charge in [0.2, 0.25) is 0 Å². The Balaban J connectivity index is 1.52. The summed E-state index contributed by atoms with van der Waals surface area (Å²) in [4.78, 5) is 0. The predicted octanol–water partition coefficient (Wildman–Crippen LogP) is 10.0. The average Bonchev–Trinajstić information content (AvgIpc) is 3.05. The second-order valence-corrected chi connectivity index (χ2v) is 16.5. The van der Waals surface area contributed by atoms with Crippen LogP contribution in [0.1, 0.15) is 133 Å². The van der Waals surface area contributed by atoms with E-state index in [1.54, 1.807) is 0 Å². The minimum atomic E-state index is 0.500. The first-order chi connectivity index (χ1) is 15.2. The van der Waals surface area contributed by atoms with Crippen molar-refractivity contribution < 1.29 is 0 Å². The fourth-order valence-electron chi connectivity index (χ4n) is 13.0. The number of fused-ring (bicyclic) bond motifs is 7. The van der Waals surface area contributed by atoms with E-state index in [1.807, 2.05) is 0 Å².